The number of aromatic amines is 1. The Morgan fingerprint density at radius 3 is 2.92 bits per heavy atom. The minimum atomic E-state index is -0.152. The summed E-state index contributed by atoms with van der Waals surface area (Å²) >= 11 is 0. The van der Waals surface area contributed by atoms with Gasteiger partial charge in [-0.3, -0.25) is 4.79 Å². The maximum Gasteiger partial charge on any atom is 0.225 e. The van der Waals surface area contributed by atoms with Crippen molar-refractivity contribution in [2.24, 2.45) is 5.92 Å². The van der Waals surface area contributed by atoms with Crippen molar-refractivity contribution in [1.82, 2.24) is 15.3 Å². The molecular weight excluding hydrogens is 326 g/mol. The molecule has 0 aliphatic carbocycles. The first kappa shape index (κ1) is 16.6. The van der Waals surface area contributed by atoms with Crippen molar-refractivity contribution in [2.45, 2.75) is 32.7 Å². The van der Waals surface area contributed by atoms with Crippen LogP contribution in [0.1, 0.15) is 36.8 Å². The van der Waals surface area contributed by atoms with Gasteiger partial charge in [0, 0.05) is 6.42 Å². The molecule has 0 spiro atoms. The van der Waals surface area contributed by atoms with Gasteiger partial charge < -0.3 is 15.0 Å². The Labute approximate surface area is 152 Å². The average molecular weight is 349 g/mol. The first-order valence-electron chi connectivity index (χ1n) is 9.09. The summed E-state index contributed by atoms with van der Waals surface area (Å²) in [4.78, 5) is 20.6. The summed E-state index contributed by atoms with van der Waals surface area (Å²) in [6.07, 6.45) is 1.28. The zero-order valence-electron chi connectivity index (χ0n) is 15.1. The molecule has 0 bridgehead atoms. The lowest BCUT2D eigenvalue weighted by molar-refractivity contribution is -0.121. The molecule has 0 saturated carbocycles. The van der Waals surface area contributed by atoms with E-state index < -0.39 is 0 Å². The van der Waals surface area contributed by atoms with Crippen LogP contribution in [0, 0.1) is 5.92 Å². The van der Waals surface area contributed by atoms with E-state index in [1.807, 2.05) is 36.4 Å². The minimum absolute atomic E-state index is 0.0119. The number of rotatable bonds is 5. The number of ether oxygens (including phenoxy) is 1. The smallest absolute Gasteiger partial charge is 0.225 e. The first-order valence-corrected chi connectivity index (χ1v) is 9.09. The maximum atomic E-state index is 12.6. The van der Waals surface area contributed by atoms with E-state index in [1.54, 1.807) is 0 Å². The molecule has 5 nitrogen and oxygen atoms in total. The van der Waals surface area contributed by atoms with Crippen molar-refractivity contribution in [3.05, 3.63) is 59.4 Å². The van der Waals surface area contributed by atoms with Crippen LogP contribution in [0.2, 0.25) is 0 Å². The van der Waals surface area contributed by atoms with E-state index in [-0.39, 0.29) is 17.9 Å². The first-order chi connectivity index (χ1) is 12.6. The van der Waals surface area contributed by atoms with Crippen LogP contribution in [0.15, 0.2) is 42.5 Å². The lowest BCUT2D eigenvalue weighted by atomic mass is 10.0. The molecule has 0 radical (unpaired) electrons. The highest BCUT2D eigenvalue weighted by Gasteiger charge is 2.22. The quantitative estimate of drug-likeness (QED) is 0.740. The van der Waals surface area contributed by atoms with Crippen LogP contribution in [0.3, 0.4) is 0 Å². The second kappa shape index (κ2) is 6.83. The maximum absolute atomic E-state index is 12.6. The van der Waals surface area contributed by atoms with Crippen molar-refractivity contribution in [2.75, 3.05) is 6.61 Å². The number of amides is 1. The molecule has 4 rings (SSSR count). The molecule has 1 aliphatic rings. The molecule has 2 aromatic carbocycles. The van der Waals surface area contributed by atoms with Gasteiger partial charge in [-0.05, 0) is 35.2 Å². The molecule has 0 unspecified atom stereocenters. The highest BCUT2D eigenvalue weighted by Crippen LogP contribution is 2.27. The van der Waals surface area contributed by atoms with Crippen molar-refractivity contribution in [3.63, 3.8) is 0 Å². The number of carbonyl (C=O) groups is 1. The Kier molecular flexibility index (Phi) is 4.37. The molecule has 1 amide bonds. The lowest BCUT2D eigenvalue weighted by Crippen LogP contribution is -2.33. The second-order valence-corrected chi connectivity index (χ2v) is 7.15. The third-order valence-corrected chi connectivity index (χ3v) is 4.81. The summed E-state index contributed by atoms with van der Waals surface area (Å²) in [5.74, 6) is 1.92. The van der Waals surface area contributed by atoms with E-state index in [2.05, 4.69) is 35.2 Å². The second-order valence-electron chi connectivity index (χ2n) is 7.15. The Morgan fingerprint density at radius 2 is 2.12 bits per heavy atom. The van der Waals surface area contributed by atoms with Gasteiger partial charge in [0.05, 0.1) is 30.1 Å². The number of carbonyl (C=O) groups excluding carboxylic acids is 1. The Balaban J connectivity index is 1.50. The zero-order valence-corrected chi connectivity index (χ0v) is 15.1. The van der Waals surface area contributed by atoms with Crippen LogP contribution in [-0.2, 0) is 17.6 Å². The topological polar surface area (TPSA) is 67.0 Å². The minimum Gasteiger partial charge on any atom is -0.493 e. The summed E-state index contributed by atoms with van der Waals surface area (Å²) in [6, 6.07) is 13.8. The molecule has 0 saturated heterocycles. The molecule has 2 heterocycles. The molecule has 1 aliphatic heterocycles. The van der Waals surface area contributed by atoms with Crippen molar-refractivity contribution < 1.29 is 9.53 Å². The fraction of sp³-hybridized carbons (Fsp3) is 0.333. The van der Waals surface area contributed by atoms with Crippen LogP contribution < -0.4 is 10.1 Å². The molecule has 2 N–H and O–H groups in total. The van der Waals surface area contributed by atoms with Crippen molar-refractivity contribution in [1.29, 1.82) is 0 Å². The summed E-state index contributed by atoms with van der Waals surface area (Å²) in [7, 11) is 0. The number of imidazole rings is 1. The molecule has 26 heavy (non-hydrogen) atoms. The van der Waals surface area contributed by atoms with Crippen LogP contribution in [0.4, 0.5) is 0 Å². The van der Waals surface area contributed by atoms with Gasteiger partial charge in [0.15, 0.2) is 0 Å². The van der Waals surface area contributed by atoms with Crippen LogP contribution >= 0.6 is 0 Å². The van der Waals surface area contributed by atoms with Gasteiger partial charge >= 0.3 is 0 Å². The number of hydrogen-bond donors (Lipinski definition) is 2. The van der Waals surface area contributed by atoms with Crippen LogP contribution in [-0.4, -0.2) is 22.5 Å². The molecule has 134 valence electrons. The fourth-order valence-electron chi connectivity index (χ4n) is 3.40. The average Bonchev–Trinajstić information content (AvgIpc) is 3.25. The monoisotopic (exact) mass is 349 g/mol. The number of hydrogen-bond acceptors (Lipinski definition) is 3. The van der Waals surface area contributed by atoms with Gasteiger partial charge in [-0.15, -0.1) is 0 Å². The van der Waals surface area contributed by atoms with Gasteiger partial charge in [0.25, 0.3) is 0 Å². The lowest BCUT2D eigenvalue weighted by Gasteiger charge is -2.20. The number of nitrogens with zero attached hydrogens (tertiary/aromatic N) is 1. The normalized spacial score (nSPS) is 14.3. The van der Waals surface area contributed by atoms with E-state index in [0.717, 1.165) is 41.2 Å². The van der Waals surface area contributed by atoms with Crippen molar-refractivity contribution in [3.8, 4) is 5.75 Å². The molecule has 3 aromatic rings. The highest BCUT2D eigenvalue weighted by molar-refractivity contribution is 5.79. The van der Waals surface area contributed by atoms with Gasteiger partial charge in [0.2, 0.25) is 5.91 Å². The third-order valence-electron chi connectivity index (χ3n) is 4.81. The molecular formula is C21H23N3O2. The largest absolute Gasteiger partial charge is 0.493 e. The van der Waals surface area contributed by atoms with Gasteiger partial charge in [-0.1, -0.05) is 38.1 Å². The fourth-order valence-corrected chi connectivity index (χ4v) is 3.40. The van der Waals surface area contributed by atoms with E-state index in [9.17, 15) is 4.79 Å². The summed E-state index contributed by atoms with van der Waals surface area (Å²) in [5, 5.41) is 3.14. The SMILES string of the molecule is CC(C)[C@H](NC(=O)Cc1ccc2c(c1)OCC2)c1nc2ccccc2[nH]1. The van der Waals surface area contributed by atoms with E-state index in [0.29, 0.717) is 6.42 Å². The van der Waals surface area contributed by atoms with Crippen LogP contribution in [0.5, 0.6) is 5.75 Å². The molecule has 5 heteroatoms. The number of aromatic nitrogens is 2. The Morgan fingerprint density at radius 1 is 1.27 bits per heavy atom. The van der Waals surface area contributed by atoms with Gasteiger partial charge in [-0.25, -0.2) is 4.98 Å². The molecule has 1 aromatic heterocycles. The number of fused-ring (bicyclic) bond motifs is 2. The Hall–Kier alpha value is -2.82. The van der Waals surface area contributed by atoms with E-state index in [4.69, 9.17) is 4.74 Å². The summed E-state index contributed by atoms with van der Waals surface area (Å²) < 4.78 is 5.60. The number of nitrogens with one attached hydrogen (secondary N) is 2. The number of benzene rings is 2. The zero-order chi connectivity index (χ0) is 18.1. The predicted octanol–water partition coefficient (Wildman–Crippen LogP) is 3.55. The third kappa shape index (κ3) is 3.29. The van der Waals surface area contributed by atoms with E-state index in [1.165, 1.54) is 5.56 Å². The molecule has 1 atom stereocenters. The van der Waals surface area contributed by atoms with Crippen molar-refractivity contribution >= 4 is 16.9 Å². The van der Waals surface area contributed by atoms with Gasteiger partial charge in [0.1, 0.15) is 11.6 Å². The summed E-state index contributed by atoms with van der Waals surface area (Å²) in [6.45, 7) is 4.90. The number of para-hydroxylation sites is 2. The van der Waals surface area contributed by atoms with E-state index >= 15 is 0 Å². The predicted molar refractivity (Wildman–Crippen MR) is 101 cm³/mol. The standard InChI is InChI=1S/C21H23N3O2/c1-13(2)20(21-22-16-5-3-4-6-17(16)23-21)24-19(25)12-14-7-8-15-9-10-26-18(15)11-14/h3-8,11,13,20H,9-10,12H2,1-2H3,(H,22,23)(H,24,25)/t20-/m0/s1. The number of H-pyrrole nitrogens is 1. The van der Waals surface area contributed by atoms with Gasteiger partial charge in [-0.2, -0.15) is 0 Å². The van der Waals surface area contributed by atoms with Crippen LogP contribution in [0.25, 0.3) is 11.0 Å². The highest BCUT2D eigenvalue weighted by atomic mass is 16.5. The summed E-state index contributed by atoms with van der Waals surface area (Å²) in [5.41, 5.74) is 4.09. The molecule has 0 fully saturated rings. The Bertz CT molecular complexity index is 912.